The molecule has 4 heteroatoms. The predicted molar refractivity (Wildman–Crippen MR) is 65.8 cm³/mol. The lowest BCUT2D eigenvalue weighted by atomic mass is 10.2. The van der Waals surface area contributed by atoms with Crippen LogP contribution in [-0.2, 0) is 0 Å². The Morgan fingerprint density at radius 1 is 1.06 bits per heavy atom. The Morgan fingerprint density at radius 2 is 1.76 bits per heavy atom. The standard InChI is InChI=1S/C13H11NO3/c15-11-5-2-9(3-6-11)1-4-10-7-12(16)13(17)8-14-10/h1-8,15,17H,(H,14,16)/b4-1+. The first-order valence-electron chi connectivity index (χ1n) is 5.04. The van der Waals surface area contributed by atoms with E-state index in [1.807, 2.05) is 0 Å². The van der Waals surface area contributed by atoms with Crippen molar-refractivity contribution in [2.45, 2.75) is 0 Å². The minimum atomic E-state index is -0.422. The van der Waals surface area contributed by atoms with E-state index in [2.05, 4.69) is 4.98 Å². The highest BCUT2D eigenvalue weighted by atomic mass is 16.3. The van der Waals surface area contributed by atoms with Crippen LogP contribution in [0.4, 0.5) is 0 Å². The van der Waals surface area contributed by atoms with E-state index in [9.17, 15) is 4.79 Å². The maximum absolute atomic E-state index is 11.2. The minimum Gasteiger partial charge on any atom is -0.508 e. The molecule has 0 aliphatic rings. The molecule has 86 valence electrons. The average Bonchev–Trinajstić information content (AvgIpc) is 2.33. The van der Waals surface area contributed by atoms with E-state index in [-0.39, 0.29) is 11.5 Å². The first kappa shape index (κ1) is 11.0. The van der Waals surface area contributed by atoms with Gasteiger partial charge in [0.25, 0.3) is 0 Å². The van der Waals surface area contributed by atoms with Crippen LogP contribution in [0.2, 0.25) is 0 Å². The van der Waals surface area contributed by atoms with Crippen LogP contribution in [-0.4, -0.2) is 15.2 Å². The summed E-state index contributed by atoms with van der Waals surface area (Å²) in [6, 6.07) is 7.99. The molecule has 2 rings (SSSR count). The zero-order valence-corrected chi connectivity index (χ0v) is 8.92. The number of benzene rings is 1. The Bertz CT molecular complexity index is 597. The molecule has 3 N–H and O–H groups in total. The summed E-state index contributed by atoms with van der Waals surface area (Å²) in [4.78, 5) is 13.9. The number of hydrogen-bond acceptors (Lipinski definition) is 3. The van der Waals surface area contributed by atoms with E-state index in [0.717, 1.165) is 5.56 Å². The van der Waals surface area contributed by atoms with Gasteiger partial charge in [-0.15, -0.1) is 0 Å². The van der Waals surface area contributed by atoms with Gasteiger partial charge in [-0.1, -0.05) is 18.2 Å². The largest absolute Gasteiger partial charge is 0.508 e. The van der Waals surface area contributed by atoms with Gasteiger partial charge in [-0.3, -0.25) is 4.79 Å². The highest BCUT2D eigenvalue weighted by Gasteiger charge is 1.95. The van der Waals surface area contributed by atoms with Crippen molar-refractivity contribution < 1.29 is 10.2 Å². The quantitative estimate of drug-likeness (QED) is 0.737. The second-order valence-electron chi connectivity index (χ2n) is 3.56. The van der Waals surface area contributed by atoms with Crippen LogP contribution in [0.1, 0.15) is 11.3 Å². The van der Waals surface area contributed by atoms with Crippen LogP contribution in [0, 0.1) is 0 Å². The number of H-pyrrole nitrogens is 1. The third kappa shape index (κ3) is 2.75. The van der Waals surface area contributed by atoms with Crippen LogP contribution in [0.3, 0.4) is 0 Å². The van der Waals surface area contributed by atoms with Crippen LogP contribution in [0.25, 0.3) is 12.2 Å². The molecular weight excluding hydrogens is 218 g/mol. The Labute approximate surface area is 97.5 Å². The molecule has 0 saturated heterocycles. The molecule has 0 saturated carbocycles. The summed E-state index contributed by atoms with van der Waals surface area (Å²) in [6.07, 6.45) is 4.76. The van der Waals surface area contributed by atoms with Crippen molar-refractivity contribution in [3.8, 4) is 11.5 Å². The van der Waals surface area contributed by atoms with Gasteiger partial charge in [0, 0.05) is 18.0 Å². The molecule has 0 aliphatic heterocycles. The normalized spacial score (nSPS) is 10.8. The van der Waals surface area contributed by atoms with Gasteiger partial charge in [-0.05, 0) is 23.8 Å². The van der Waals surface area contributed by atoms with E-state index in [1.54, 1.807) is 36.4 Å². The van der Waals surface area contributed by atoms with Gasteiger partial charge in [0.1, 0.15) is 5.75 Å². The third-order valence-corrected chi connectivity index (χ3v) is 2.26. The first-order valence-corrected chi connectivity index (χ1v) is 5.04. The molecule has 0 unspecified atom stereocenters. The SMILES string of the molecule is O=c1cc(/C=C/c2ccc(O)cc2)[nH]cc1O. The number of aromatic amines is 1. The van der Waals surface area contributed by atoms with Crippen molar-refractivity contribution in [3.05, 3.63) is 58.0 Å². The number of nitrogens with one attached hydrogen (secondary N) is 1. The fourth-order valence-corrected chi connectivity index (χ4v) is 1.35. The van der Waals surface area contributed by atoms with Gasteiger partial charge in [0.05, 0.1) is 0 Å². The molecule has 0 aliphatic carbocycles. The van der Waals surface area contributed by atoms with E-state index in [4.69, 9.17) is 10.2 Å². The molecule has 4 nitrogen and oxygen atoms in total. The number of aromatic hydroxyl groups is 2. The summed E-state index contributed by atoms with van der Waals surface area (Å²) in [5, 5.41) is 18.2. The molecule has 0 spiro atoms. The maximum atomic E-state index is 11.2. The Morgan fingerprint density at radius 3 is 2.41 bits per heavy atom. The molecule has 0 bridgehead atoms. The zero-order chi connectivity index (χ0) is 12.3. The second-order valence-corrected chi connectivity index (χ2v) is 3.56. The highest BCUT2D eigenvalue weighted by Crippen LogP contribution is 2.12. The van der Waals surface area contributed by atoms with E-state index < -0.39 is 5.43 Å². The van der Waals surface area contributed by atoms with Gasteiger partial charge in [-0.25, -0.2) is 0 Å². The summed E-state index contributed by atoms with van der Waals surface area (Å²) in [6.45, 7) is 0. The minimum absolute atomic E-state index is 0.209. The fourth-order valence-electron chi connectivity index (χ4n) is 1.35. The predicted octanol–water partition coefficient (Wildman–Crippen LogP) is 1.96. The topological polar surface area (TPSA) is 73.3 Å². The van der Waals surface area contributed by atoms with Crippen LogP contribution >= 0.6 is 0 Å². The van der Waals surface area contributed by atoms with Crippen molar-refractivity contribution in [2.75, 3.05) is 0 Å². The van der Waals surface area contributed by atoms with Crippen molar-refractivity contribution in [1.29, 1.82) is 0 Å². The number of pyridine rings is 1. The second kappa shape index (κ2) is 4.57. The number of phenols is 1. The van der Waals surface area contributed by atoms with Crippen LogP contribution in [0.5, 0.6) is 11.5 Å². The van der Waals surface area contributed by atoms with Crippen molar-refractivity contribution >= 4 is 12.2 Å². The monoisotopic (exact) mass is 229 g/mol. The van der Waals surface area contributed by atoms with E-state index >= 15 is 0 Å². The lowest BCUT2D eigenvalue weighted by Crippen LogP contribution is -1.99. The van der Waals surface area contributed by atoms with Crippen molar-refractivity contribution in [2.24, 2.45) is 0 Å². The maximum Gasteiger partial charge on any atom is 0.223 e. The molecule has 0 fully saturated rings. The molecule has 17 heavy (non-hydrogen) atoms. The van der Waals surface area contributed by atoms with E-state index in [1.165, 1.54) is 12.3 Å². The molecule has 0 amide bonds. The van der Waals surface area contributed by atoms with Gasteiger partial charge in [-0.2, -0.15) is 0 Å². The summed E-state index contributed by atoms with van der Waals surface area (Å²) in [7, 11) is 0. The van der Waals surface area contributed by atoms with Gasteiger partial charge in [0.15, 0.2) is 5.75 Å². The fraction of sp³-hybridized carbons (Fsp3) is 0. The molecule has 0 radical (unpaired) electrons. The van der Waals surface area contributed by atoms with E-state index in [0.29, 0.717) is 5.69 Å². The number of rotatable bonds is 2. The first-order chi connectivity index (χ1) is 8.15. The van der Waals surface area contributed by atoms with Crippen molar-refractivity contribution in [1.82, 2.24) is 4.98 Å². The number of aromatic nitrogens is 1. The summed E-state index contributed by atoms with van der Waals surface area (Å²) >= 11 is 0. The zero-order valence-electron chi connectivity index (χ0n) is 8.92. The molecule has 1 aromatic heterocycles. The molecular formula is C13H11NO3. The molecule has 0 atom stereocenters. The summed E-state index contributed by atoms with van der Waals surface area (Å²) < 4.78 is 0. The third-order valence-electron chi connectivity index (χ3n) is 2.26. The average molecular weight is 229 g/mol. The summed E-state index contributed by atoms with van der Waals surface area (Å²) in [5.41, 5.74) is 1.08. The number of phenolic OH excluding ortho intramolecular Hbond substituents is 1. The Hall–Kier alpha value is -2.49. The highest BCUT2D eigenvalue weighted by molar-refractivity contribution is 5.68. The lowest BCUT2D eigenvalue weighted by molar-refractivity contribution is 0.467. The lowest BCUT2D eigenvalue weighted by Gasteiger charge is -1.96. The van der Waals surface area contributed by atoms with Crippen LogP contribution in [0.15, 0.2) is 41.3 Å². The Balaban J connectivity index is 2.23. The number of hydrogen-bond donors (Lipinski definition) is 3. The smallest absolute Gasteiger partial charge is 0.223 e. The van der Waals surface area contributed by atoms with Gasteiger partial charge >= 0.3 is 0 Å². The van der Waals surface area contributed by atoms with Gasteiger partial charge in [0.2, 0.25) is 5.43 Å². The van der Waals surface area contributed by atoms with Crippen LogP contribution < -0.4 is 5.43 Å². The summed E-state index contributed by atoms with van der Waals surface area (Å²) in [5.74, 6) is -0.0908. The van der Waals surface area contributed by atoms with Gasteiger partial charge < -0.3 is 15.2 Å². The molecule has 1 aromatic carbocycles. The van der Waals surface area contributed by atoms with Crippen molar-refractivity contribution in [3.63, 3.8) is 0 Å². The molecule has 1 heterocycles. The molecule has 2 aromatic rings. The Kier molecular flexibility index (Phi) is 2.96.